The van der Waals surface area contributed by atoms with Crippen LogP contribution < -0.4 is 11.1 Å². The van der Waals surface area contributed by atoms with Gasteiger partial charge in [-0.2, -0.15) is 0 Å². The second-order valence-corrected chi connectivity index (χ2v) is 6.47. The molecule has 112 valence electrons. The summed E-state index contributed by atoms with van der Waals surface area (Å²) >= 11 is 0. The number of carbonyl (C=O) groups is 1. The van der Waals surface area contributed by atoms with Crippen molar-refractivity contribution in [1.29, 1.82) is 0 Å². The minimum Gasteiger partial charge on any atom is -0.399 e. The lowest BCUT2D eigenvalue weighted by atomic mass is 9.79. The van der Waals surface area contributed by atoms with E-state index in [1.54, 1.807) is 0 Å². The Morgan fingerprint density at radius 1 is 1.24 bits per heavy atom. The fraction of sp³-hybridized carbons (Fsp3) is 0.471. The quantitative estimate of drug-likeness (QED) is 0.741. The highest BCUT2D eigenvalue weighted by Gasteiger charge is 2.26. The molecule has 2 aromatic rings. The molecule has 1 amide bonds. The molecule has 1 heterocycles. The predicted molar refractivity (Wildman–Crippen MR) is 86.1 cm³/mol. The number of anilines is 1. The number of hydrogen-bond donors (Lipinski definition) is 3. The van der Waals surface area contributed by atoms with Gasteiger partial charge in [-0.1, -0.05) is 13.8 Å². The number of benzene rings is 1. The zero-order chi connectivity index (χ0) is 15.0. The van der Waals surface area contributed by atoms with Gasteiger partial charge in [0.1, 0.15) is 5.69 Å². The zero-order valence-corrected chi connectivity index (χ0v) is 12.6. The van der Waals surface area contributed by atoms with Crippen molar-refractivity contribution in [2.45, 2.75) is 39.2 Å². The summed E-state index contributed by atoms with van der Waals surface area (Å²) in [5, 5.41) is 4.14. The molecule has 0 bridgehead atoms. The van der Waals surface area contributed by atoms with Gasteiger partial charge in [-0.15, -0.1) is 0 Å². The van der Waals surface area contributed by atoms with Gasteiger partial charge in [-0.25, -0.2) is 0 Å². The molecule has 4 nitrogen and oxygen atoms in total. The third-order valence-electron chi connectivity index (χ3n) is 4.82. The van der Waals surface area contributed by atoms with Crippen LogP contribution in [0.1, 0.15) is 43.6 Å². The first kappa shape index (κ1) is 14.0. The maximum absolute atomic E-state index is 12.4. The fourth-order valence-electron chi connectivity index (χ4n) is 3.22. The number of hydrogen-bond acceptors (Lipinski definition) is 2. The van der Waals surface area contributed by atoms with Crippen molar-refractivity contribution in [2.24, 2.45) is 11.8 Å². The highest BCUT2D eigenvalue weighted by molar-refractivity contribution is 5.98. The zero-order valence-electron chi connectivity index (χ0n) is 12.6. The highest BCUT2D eigenvalue weighted by Crippen LogP contribution is 2.29. The topological polar surface area (TPSA) is 70.9 Å². The summed E-state index contributed by atoms with van der Waals surface area (Å²) in [5.41, 5.74) is 8.04. The van der Waals surface area contributed by atoms with Gasteiger partial charge in [0, 0.05) is 22.6 Å². The molecule has 3 unspecified atom stereocenters. The molecule has 4 heteroatoms. The summed E-state index contributed by atoms with van der Waals surface area (Å²) in [7, 11) is 0. The first-order valence-corrected chi connectivity index (χ1v) is 7.72. The van der Waals surface area contributed by atoms with Crippen LogP contribution in [0.25, 0.3) is 10.9 Å². The van der Waals surface area contributed by atoms with Gasteiger partial charge in [-0.05, 0) is 55.4 Å². The molecule has 1 saturated carbocycles. The smallest absolute Gasteiger partial charge is 0.267 e. The normalized spacial score (nSPS) is 25.9. The third-order valence-corrected chi connectivity index (χ3v) is 4.82. The van der Waals surface area contributed by atoms with Crippen molar-refractivity contribution >= 4 is 22.5 Å². The number of carbonyl (C=O) groups excluding carboxylic acids is 1. The molecule has 3 rings (SSSR count). The summed E-state index contributed by atoms with van der Waals surface area (Å²) in [4.78, 5) is 15.5. The Kier molecular flexibility index (Phi) is 3.62. The molecule has 3 atom stereocenters. The molecule has 1 aliphatic carbocycles. The SMILES string of the molecule is CC1CCC(NC(=O)c2cc3cc(N)ccc3[nH]2)CC1C. The highest BCUT2D eigenvalue weighted by atomic mass is 16.1. The number of H-pyrrole nitrogens is 1. The van der Waals surface area contributed by atoms with E-state index in [-0.39, 0.29) is 5.91 Å². The summed E-state index contributed by atoms with van der Waals surface area (Å²) in [6.07, 6.45) is 3.33. The van der Waals surface area contributed by atoms with Gasteiger partial charge in [0.2, 0.25) is 0 Å². The second-order valence-electron chi connectivity index (χ2n) is 6.47. The number of fused-ring (bicyclic) bond motifs is 1. The summed E-state index contributed by atoms with van der Waals surface area (Å²) < 4.78 is 0. The predicted octanol–water partition coefficient (Wildman–Crippen LogP) is 3.30. The number of rotatable bonds is 2. The molecular weight excluding hydrogens is 262 g/mol. The number of aromatic nitrogens is 1. The monoisotopic (exact) mass is 285 g/mol. The first-order valence-electron chi connectivity index (χ1n) is 7.72. The molecule has 0 spiro atoms. The van der Waals surface area contributed by atoms with E-state index in [9.17, 15) is 4.79 Å². The Balaban J connectivity index is 1.72. The van der Waals surface area contributed by atoms with E-state index in [2.05, 4.69) is 24.1 Å². The molecule has 4 N–H and O–H groups in total. The number of nitrogens with one attached hydrogen (secondary N) is 2. The van der Waals surface area contributed by atoms with Gasteiger partial charge < -0.3 is 16.0 Å². The molecule has 0 saturated heterocycles. The van der Waals surface area contributed by atoms with Crippen molar-refractivity contribution in [3.8, 4) is 0 Å². The van der Waals surface area contributed by atoms with Crippen molar-refractivity contribution < 1.29 is 4.79 Å². The van der Waals surface area contributed by atoms with E-state index in [0.717, 1.165) is 29.7 Å². The van der Waals surface area contributed by atoms with Crippen LogP contribution in [0, 0.1) is 11.8 Å². The maximum atomic E-state index is 12.4. The van der Waals surface area contributed by atoms with Crippen LogP contribution >= 0.6 is 0 Å². The Morgan fingerprint density at radius 3 is 2.81 bits per heavy atom. The fourth-order valence-corrected chi connectivity index (χ4v) is 3.22. The van der Waals surface area contributed by atoms with Crippen LogP contribution in [0.2, 0.25) is 0 Å². The van der Waals surface area contributed by atoms with Crippen molar-refractivity contribution in [2.75, 3.05) is 5.73 Å². The largest absolute Gasteiger partial charge is 0.399 e. The average Bonchev–Trinajstić information content (AvgIpc) is 2.86. The lowest BCUT2D eigenvalue weighted by Crippen LogP contribution is -2.39. The minimum atomic E-state index is -0.0171. The minimum absolute atomic E-state index is 0.0171. The Hall–Kier alpha value is -1.97. The van der Waals surface area contributed by atoms with E-state index in [0.29, 0.717) is 23.3 Å². The maximum Gasteiger partial charge on any atom is 0.267 e. The lowest BCUT2D eigenvalue weighted by molar-refractivity contribution is 0.0906. The lowest BCUT2D eigenvalue weighted by Gasteiger charge is -2.32. The second kappa shape index (κ2) is 5.43. The van der Waals surface area contributed by atoms with Crippen LogP contribution in [-0.2, 0) is 0 Å². The first-order chi connectivity index (χ1) is 10.0. The van der Waals surface area contributed by atoms with Gasteiger partial charge in [0.05, 0.1) is 0 Å². The Morgan fingerprint density at radius 2 is 2.05 bits per heavy atom. The number of nitrogen functional groups attached to an aromatic ring is 1. The van der Waals surface area contributed by atoms with Gasteiger partial charge in [0.25, 0.3) is 5.91 Å². The van der Waals surface area contributed by atoms with Crippen molar-refractivity contribution in [3.63, 3.8) is 0 Å². The molecule has 1 aromatic carbocycles. The van der Waals surface area contributed by atoms with Gasteiger partial charge in [0.15, 0.2) is 0 Å². The molecule has 21 heavy (non-hydrogen) atoms. The van der Waals surface area contributed by atoms with E-state index in [1.807, 2.05) is 24.3 Å². The summed E-state index contributed by atoms with van der Waals surface area (Å²) in [5.74, 6) is 1.41. The van der Waals surface area contributed by atoms with Crippen LogP contribution in [0.4, 0.5) is 5.69 Å². The molecule has 0 radical (unpaired) electrons. The van der Waals surface area contributed by atoms with E-state index < -0.39 is 0 Å². The number of aromatic amines is 1. The number of amides is 1. The Labute approximate surface area is 125 Å². The molecule has 1 aromatic heterocycles. The summed E-state index contributed by atoms with van der Waals surface area (Å²) in [6.45, 7) is 4.57. The van der Waals surface area contributed by atoms with Crippen LogP contribution in [0.15, 0.2) is 24.3 Å². The third kappa shape index (κ3) is 2.89. The molecule has 1 fully saturated rings. The van der Waals surface area contributed by atoms with E-state index in [1.165, 1.54) is 6.42 Å². The van der Waals surface area contributed by atoms with E-state index in [4.69, 9.17) is 5.73 Å². The van der Waals surface area contributed by atoms with Crippen molar-refractivity contribution in [3.05, 3.63) is 30.0 Å². The molecular formula is C17H23N3O. The van der Waals surface area contributed by atoms with Crippen LogP contribution in [0.5, 0.6) is 0 Å². The number of nitrogens with two attached hydrogens (primary N) is 1. The van der Waals surface area contributed by atoms with E-state index >= 15 is 0 Å². The standard InChI is InChI=1S/C17H23N3O/c1-10-3-5-14(7-11(10)2)19-17(21)16-9-12-8-13(18)4-6-15(12)20-16/h4,6,8-11,14,20H,3,5,7,18H2,1-2H3,(H,19,21). The molecule has 1 aliphatic rings. The van der Waals surface area contributed by atoms with Gasteiger partial charge in [-0.3, -0.25) is 4.79 Å². The van der Waals surface area contributed by atoms with Crippen LogP contribution in [-0.4, -0.2) is 16.9 Å². The van der Waals surface area contributed by atoms with Gasteiger partial charge >= 0.3 is 0 Å². The summed E-state index contributed by atoms with van der Waals surface area (Å²) in [6, 6.07) is 7.79. The van der Waals surface area contributed by atoms with Crippen LogP contribution in [0.3, 0.4) is 0 Å². The van der Waals surface area contributed by atoms with Crippen molar-refractivity contribution in [1.82, 2.24) is 10.3 Å². The Bertz CT molecular complexity index is 661. The molecule has 0 aliphatic heterocycles. The average molecular weight is 285 g/mol.